The second-order valence-corrected chi connectivity index (χ2v) is 4.60. The SMILES string of the molecule is C1=CC(NC2CC=Cc3ccccc32)=CCC1. The Hall–Kier alpha value is -1.76. The lowest BCUT2D eigenvalue weighted by molar-refractivity contribution is 0.605. The van der Waals surface area contributed by atoms with E-state index in [0.29, 0.717) is 6.04 Å². The van der Waals surface area contributed by atoms with E-state index in [4.69, 9.17) is 0 Å². The van der Waals surface area contributed by atoms with E-state index in [-0.39, 0.29) is 0 Å². The standard InChI is InChI=1S/C16H17N/c1-2-9-14(10-3-1)17-16-12-6-8-13-7-4-5-11-15(13)16/h2,4-11,16-17H,1,3,12H2. The molecule has 3 rings (SSSR count). The maximum absolute atomic E-state index is 3.64. The van der Waals surface area contributed by atoms with E-state index >= 15 is 0 Å². The highest BCUT2D eigenvalue weighted by Crippen LogP contribution is 2.28. The molecule has 1 nitrogen and oxygen atoms in total. The molecule has 1 heteroatoms. The number of fused-ring (bicyclic) bond motifs is 1. The van der Waals surface area contributed by atoms with Gasteiger partial charge in [-0.05, 0) is 36.5 Å². The lowest BCUT2D eigenvalue weighted by Crippen LogP contribution is -2.22. The van der Waals surface area contributed by atoms with Crippen LogP contribution in [0, 0.1) is 0 Å². The number of nitrogens with one attached hydrogen (secondary N) is 1. The van der Waals surface area contributed by atoms with Crippen LogP contribution < -0.4 is 5.32 Å². The van der Waals surface area contributed by atoms with E-state index in [9.17, 15) is 0 Å². The third kappa shape index (κ3) is 2.19. The van der Waals surface area contributed by atoms with Gasteiger partial charge in [-0.25, -0.2) is 0 Å². The number of benzene rings is 1. The summed E-state index contributed by atoms with van der Waals surface area (Å²) in [6.45, 7) is 0. The molecule has 0 amide bonds. The number of hydrogen-bond acceptors (Lipinski definition) is 1. The molecule has 1 aromatic rings. The average molecular weight is 223 g/mol. The third-order valence-corrected chi connectivity index (χ3v) is 3.38. The van der Waals surface area contributed by atoms with Crippen molar-refractivity contribution in [2.75, 3.05) is 0 Å². The highest BCUT2D eigenvalue weighted by Gasteiger charge is 2.16. The zero-order chi connectivity index (χ0) is 11.5. The molecule has 0 saturated carbocycles. The highest BCUT2D eigenvalue weighted by atomic mass is 14.9. The van der Waals surface area contributed by atoms with Gasteiger partial charge in [0.25, 0.3) is 0 Å². The Kier molecular flexibility index (Phi) is 2.83. The summed E-state index contributed by atoms with van der Waals surface area (Å²) in [6.07, 6.45) is 14.6. The van der Waals surface area contributed by atoms with Gasteiger partial charge in [0.2, 0.25) is 0 Å². The van der Waals surface area contributed by atoms with Crippen molar-refractivity contribution < 1.29 is 0 Å². The van der Waals surface area contributed by atoms with E-state index < -0.39 is 0 Å². The monoisotopic (exact) mass is 223 g/mol. The van der Waals surface area contributed by atoms with Crippen molar-refractivity contribution in [1.29, 1.82) is 0 Å². The van der Waals surface area contributed by atoms with Crippen LogP contribution in [0.2, 0.25) is 0 Å². The summed E-state index contributed by atoms with van der Waals surface area (Å²) in [4.78, 5) is 0. The Morgan fingerprint density at radius 2 is 1.94 bits per heavy atom. The maximum Gasteiger partial charge on any atom is 0.0554 e. The van der Waals surface area contributed by atoms with Gasteiger partial charge in [-0.3, -0.25) is 0 Å². The van der Waals surface area contributed by atoms with E-state index in [1.807, 2.05) is 0 Å². The van der Waals surface area contributed by atoms with Gasteiger partial charge in [-0.15, -0.1) is 0 Å². The van der Waals surface area contributed by atoms with Crippen LogP contribution in [0.1, 0.15) is 36.4 Å². The van der Waals surface area contributed by atoms with Gasteiger partial charge in [-0.1, -0.05) is 48.6 Å². The minimum Gasteiger partial charge on any atom is -0.378 e. The van der Waals surface area contributed by atoms with Crippen molar-refractivity contribution in [1.82, 2.24) is 5.32 Å². The van der Waals surface area contributed by atoms with Crippen molar-refractivity contribution in [2.45, 2.75) is 25.3 Å². The van der Waals surface area contributed by atoms with Gasteiger partial charge in [0.1, 0.15) is 0 Å². The van der Waals surface area contributed by atoms with Crippen LogP contribution in [0.5, 0.6) is 0 Å². The summed E-state index contributed by atoms with van der Waals surface area (Å²) < 4.78 is 0. The summed E-state index contributed by atoms with van der Waals surface area (Å²) in [5.74, 6) is 0. The van der Waals surface area contributed by atoms with Crippen LogP contribution in [0.3, 0.4) is 0 Å². The first-order valence-corrected chi connectivity index (χ1v) is 6.32. The van der Waals surface area contributed by atoms with Crippen molar-refractivity contribution in [3.63, 3.8) is 0 Å². The fourth-order valence-corrected chi connectivity index (χ4v) is 2.50. The molecule has 0 spiro atoms. The van der Waals surface area contributed by atoms with Crippen LogP contribution in [0.15, 0.2) is 54.3 Å². The number of allylic oxidation sites excluding steroid dienone is 3. The molecule has 17 heavy (non-hydrogen) atoms. The lowest BCUT2D eigenvalue weighted by atomic mass is 9.92. The topological polar surface area (TPSA) is 12.0 Å². The molecule has 2 aliphatic carbocycles. The molecule has 0 fully saturated rings. The summed E-state index contributed by atoms with van der Waals surface area (Å²) in [5, 5.41) is 3.64. The molecule has 0 aliphatic heterocycles. The predicted octanol–water partition coefficient (Wildman–Crippen LogP) is 3.97. The normalized spacial score (nSPS) is 21.9. The van der Waals surface area contributed by atoms with E-state index in [1.165, 1.54) is 23.2 Å². The molecular weight excluding hydrogens is 206 g/mol. The first-order chi connectivity index (χ1) is 8.43. The smallest absolute Gasteiger partial charge is 0.0554 e. The minimum absolute atomic E-state index is 0.421. The largest absolute Gasteiger partial charge is 0.378 e. The molecule has 1 N–H and O–H groups in total. The molecule has 0 heterocycles. The van der Waals surface area contributed by atoms with Gasteiger partial charge in [0.15, 0.2) is 0 Å². The van der Waals surface area contributed by atoms with Gasteiger partial charge in [-0.2, -0.15) is 0 Å². The first kappa shape index (κ1) is 10.4. The predicted molar refractivity (Wildman–Crippen MR) is 72.4 cm³/mol. The number of hydrogen-bond donors (Lipinski definition) is 1. The Morgan fingerprint density at radius 3 is 2.82 bits per heavy atom. The molecule has 1 aromatic carbocycles. The second-order valence-electron chi connectivity index (χ2n) is 4.60. The Balaban J connectivity index is 1.83. The summed E-state index contributed by atoms with van der Waals surface area (Å²) >= 11 is 0. The molecule has 1 atom stereocenters. The molecule has 1 unspecified atom stereocenters. The van der Waals surface area contributed by atoms with E-state index in [0.717, 1.165) is 12.8 Å². The van der Waals surface area contributed by atoms with Crippen LogP contribution in [0.25, 0.3) is 6.08 Å². The van der Waals surface area contributed by atoms with Crippen LogP contribution in [0.4, 0.5) is 0 Å². The molecule has 0 radical (unpaired) electrons. The quantitative estimate of drug-likeness (QED) is 0.800. The van der Waals surface area contributed by atoms with Crippen molar-refractivity contribution in [3.05, 3.63) is 65.4 Å². The minimum atomic E-state index is 0.421. The third-order valence-electron chi connectivity index (χ3n) is 3.38. The summed E-state index contributed by atoms with van der Waals surface area (Å²) in [5.41, 5.74) is 4.03. The molecule has 0 aromatic heterocycles. The Labute approximate surface area is 103 Å². The zero-order valence-electron chi connectivity index (χ0n) is 9.89. The van der Waals surface area contributed by atoms with Gasteiger partial charge in [0.05, 0.1) is 6.04 Å². The molecule has 86 valence electrons. The molecule has 0 bridgehead atoms. The highest BCUT2D eigenvalue weighted by molar-refractivity contribution is 5.57. The maximum atomic E-state index is 3.64. The van der Waals surface area contributed by atoms with Crippen molar-refractivity contribution in [3.8, 4) is 0 Å². The fraction of sp³-hybridized carbons (Fsp3) is 0.250. The van der Waals surface area contributed by atoms with Crippen LogP contribution >= 0.6 is 0 Å². The Morgan fingerprint density at radius 1 is 1.00 bits per heavy atom. The summed E-state index contributed by atoms with van der Waals surface area (Å²) in [6, 6.07) is 9.06. The second kappa shape index (κ2) is 4.62. The average Bonchev–Trinajstić information content (AvgIpc) is 2.40. The van der Waals surface area contributed by atoms with Gasteiger partial charge < -0.3 is 5.32 Å². The van der Waals surface area contributed by atoms with Crippen LogP contribution in [-0.2, 0) is 0 Å². The van der Waals surface area contributed by atoms with Gasteiger partial charge >= 0.3 is 0 Å². The van der Waals surface area contributed by atoms with Crippen LogP contribution in [-0.4, -0.2) is 0 Å². The fourth-order valence-electron chi connectivity index (χ4n) is 2.50. The molecule has 0 saturated heterocycles. The first-order valence-electron chi connectivity index (χ1n) is 6.32. The zero-order valence-corrected chi connectivity index (χ0v) is 9.89. The lowest BCUT2D eigenvalue weighted by Gasteiger charge is -2.25. The van der Waals surface area contributed by atoms with E-state index in [2.05, 4.69) is 60.0 Å². The van der Waals surface area contributed by atoms with Crippen molar-refractivity contribution >= 4 is 6.08 Å². The molecular formula is C16H17N. The summed E-state index contributed by atoms with van der Waals surface area (Å²) in [7, 11) is 0. The molecule has 2 aliphatic rings. The van der Waals surface area contributed by atoms with Crippen molar-refractivity contribution in [2.24, 2.45) is 0 Å². The number of rotatable bonds is 2. The Bertz CT molecular complexity index is 494. The van der Waals surface area contributed by atoms with Gasteiger partial charge in [0, 0.05) is 5.70 Å². The van der Waals surface area contributed by atoms with E-state index in [1.54, 1.807) is 0 Å².